The molecule has 36 heavy (non-hydrogen) atoms. The number of hydrogen-bond acceptors (Lipinski definition) is 4. The maximum atomic E-state index is 13.4. The number of ether oxygens (including phenoxy) is 1. The van der Waals surface area contributed by atoms with Crippen LogP contribution in [0.4, 0.5) is 14.6 Å². The van der Waals surface area contributed by atoms with Crippen LogP contribution in [0.15, 0.2) is 54.7 Å². The summed E-state index contributed by atoms with van der Waals surface area (Å²) in [5, 5.41) is 6.89. The van der Waals surface area contributed by atoms with Crippen LogP contribution in [0.3, 0.4) is 0 Å². The van der Waals surface area contributed by atoms with E-state index in [1.54, 1.807) is 7.11 Å². The van der Waals surface area contributed by atoms with Gasteiger partial charge in [-0.25, -0.2) is 8.78 Å². The van der Waals surface area contributed by atoms with Gasteiger partial charge in [0.25, 0.3) is 0 Å². The number of likely N-dealkylation sites (tertiary alicyclic amines) is 1. The number of halogens is 2. The number of methoxy groups -OCH3 is 1. The molecular formula is C28H35F2N5O. The number of fused-ring (bicyclic) bond motifs is 2. The second-order valence-corrected chi connectivity index (χ2v) is 10.1. The molecule has 1 aliphatic heterocycles. The van der Waals surface area contributed by atoms with Gasteiger partial charge < -0.3 is 19.9 Å². The molecule has 2 N–H and O–H groups in total. The van der Waals surface area contributed by atoms with Gasteiger partial charge in [-0.2, -0.15) is 5.10 Å². The molecule has 2 aliphatic rings. The quantitative estimate of drug-likeness (QED) is 0.378. The molecular weight excluding hydrogens is 460 g/mol. The number of anilines is 1. The Labute approximate surface area is 210 Å². The topological polar surface area (TPSA) is 61.2 Å². The van der Waals surface area contributed by atoms with Crippen molar-refractivity contribution < 1.29 is 13.5 Å². The number of para-hydroxylation sites is 1. The summed E-state index contributed by atoms with van der Waals surface area (Å²) in [5.41, 5.74) is 8.04. The molecule has 3 heterocycles. The second-order valence-electron chi connectivity index (χ2n) is 10.1. The highest BCUT2D eigenvalue weighted by molar-refractivity contribution is 5.84. The summed E-state index contributed by atoms with van der Waals surface area (Å²) >= 11 is 0. The summed E-state index contributed by atoms with van der Waals surface area (Å²) in [6.45, 7) is 1.94. The Morgan fingerprint density at radius 1 is 0.917 bits per heavy atom. The molecule has 192 valence electrons. The summed E-state index contributed by atoms with van der Waals surface area (Å²) in [6.07, 6.45) is 5.29. The Morgan fingerprint density at radius 3 is 2.33 bits per heavy atom. The molecule has 0 spiro atoms. The molecule has 0 amide bonds. The summed E-state index contributed by atoms with van der Waals surface area (Å²) in [5.74, 6) is -0.786. The SMILES string of the molecule is COc1ccc2c(cnn2C2CCN(C3CCC(F)(F)CC3)CC2)c1.Cn1c(N)cc2ccccc21. The fraction of sp³-hybridized carbons (Fsp3) is 0.464. The number of aryl methyl sites for hydroxylation is 1. The number of nitrogens with two attached hydrogens (primary N) is 1. The van der Waals surface area contributed by atoms with Crippen molar-refractivity contribution in [2.24, 2.45) is 7.05 Å². The zero-order chi connectivity index (χ0) is 25.3. The molecule has 2 aromatic carbocycles. The first-order valence-corrected chi connectivity index (χ1v) is 12.8. The van der Waals surface area contributed by atoms with E-state index in [4.69, 9.17) is 10.5 Å². The van der Waals surface area contributed by atoms with Gasteiger partial charge in [-0.3, -0.25) is 4.68 Å². The van der Waals surface area contributed by atoms with Crippen molar-refractivity contribution in [1.29, 1.82) is 0 Å². The van der Waals surface area contributed by atoms with Crippen molar-refractivity contribution in [2.75, 3.05) is 25.9 Å². The maximum Gasteiger partial charge on any atom is 0.248 e. The lowest BCUT2D eigenvalue weighted by Crippen LogP contribution is -2.45. The first-order chi connectivity index (χ1) is 17.3. The van der Waals surface area contributed by atoms with Gasteiger partial charge in [0.2, 0.25) is 5.92 Å². The van der Waals surface area contributed by atoms with E-state index in [9.17, 15) is 8.78 Å². The number of benzene rings is 2. The lowest BCUT2D eigenvalue weighted by atomic mass is 9.89. The Balaban J connectivity index is 0.000000202. The van der Waals surface area contributed by atoms with Crippen molar-refractivity contribution in [3.05, 3.63) is 54.7 Å². The second kappa shape index (κ2) is 10.1. The van der Waals surface area contributed by atoms with Gasteiger partial charge in [0.15, 0.2) is 0 Å². The summed E-state index contributed by atoms with van der Waals surface area (Å²) < 4.78 is 36.1. The van der Waals surface area contributed by atoms with Crippen LogP contribution in [-0.2, 0) is 7.05 Å². The van der Waals surface area contributed by atoms with Gasteiger partial charge >= 0.3 is 0 Å². The molecule has 6 nitrogen and oxygen atoms in total. The van der Waals surface area contributed by atoms with Gasteiger partial charge in [0.1, 0.15) is 11.6 Å². The van der Waals surface area contributed by atoms with Gasteiger partial charge in [0, 0.05) is 55.3 Å². The minimum Gasteiger partial charge on any atom is -0.497 e. The van der Waals surface area contributed by atoms with E-state index in [1.165, 1.54) is 10.9 Å². The van der Waals surface area contributed by atoms with E-state index < -0.39 is 5.92 Å². The number of piperidine rings is 1. The Kier molecular flexibility index (Phi) is 6.88. The number of hydrogen-bond donors (Lipinski definition) is 1. The smallest absolute Gasteiger partial charge is 0.248 e. The molecule has 0 bridgehead atoms. The van der Waals surface area contributed by atoms with Crippen LogP contribution in [0.1, 0.15) is 44.6 Å². The van der Waals surface area contributed by atoms with E-state index in [0.717, 1.165) is 48.4 Å². The third kappa shape index (κ3) is 5.05. The van der Waals surface area contributed by atoms with E-state index in [2.05, 4.69) is 32.9 Å². The molecule has 0 radical (unpaired) electrons. The fourth-order valence-corrected chi connectivity index (χ4v) is 5.65. The third-order valence-electron chi connectivity index (χ3n) is 7.84. The van der Waals surface area contributed by atoms with Crippen molar-refractivity contribution in [1.82, 2.24) is 19.2 Å². The van der Waals surface area contributed by atoms with Crippen LogP contribution < -0.4 is 10.5 Å². The van der Waals surface area contributed by atoms with Crippen LogP contribution >= 0.6 is 0 Å². The predicted octanol–water partition coefficient (Wildman–Crippen LogP) is 6.02. The van der Waals surface area contributed by atoms with E-state index >= 15 is 0 Å². The summed E-state index contributed by atoms with van der Waals surface area (Å²) in [4.78, 5) is 2.42. The Bertz CT molecular complexity index is 1310. The molecule has 1 saturated heterocycles. The minimum atomic E-state index is -2.44. The number of aromatic nitrogens is 3. The van der Waals surface area contributed by atoms with Crippen molar-refractivity contribution in [2.45, 2.75) is 56.5 Å². The molecule has 1 saturated carbocycles. The third-order valence-corrected chi connectivity index (χ3v) is 7.84. The first kappa shape index (κ1) is 24.6. The minimum absolute atomic E-state index is 0.0449. The standard InChI is InChI=1S/C19H25F2N3O.C9H10N2/c1-25-17-2-3-18-14(12-17)13-22-24(18)16-6-10-23(11-7-16)15-4-8-19(20,21)9-5-15;1-11-8-5-3-2-4-7(8)6-9(11)10/h2-3,12-13,15-16H,4-11H2,1H3;2-6H,10H2,1H3. The van der Waals surface area contributed by atoms with Crippen molar-refractivity contribution in [3.63, 3.8) is 0 Å². The summed E-state index contributed by atoms with van der Waals surface area (Å²) in [7, 11) is 3.64. The van der Waals surface area contributed by atoms with Crippen LogP contribution in [0, 0.1) is 0 Å². The van der Waals surface area contributed by atoms with Gasteiger partial charge in [-0.05, 0) is 56.0 Å². The average molecular weight is 496 g/mol. The van der Waals surface area contributed by atoms with Crippen LogP contribution in [0.5, 0.6) is 5.75 Å². The highest BCUT2D eigenvalue weighted by atomic mass is 19.3. The van der Waals surface area contributed by atoms with E-state index in [1.807, 2.05) is 48.1 Å². The van der Waals surface area contributed by atoms with Crippen molar-refractivity contribution in [3.8, 4) is 5.75 Å². The maximum absolute atomic E-state index is 13.4. The average Bonchev–Trinajstić information content (AvgIpc) is 3.44. The molecule has 4 aromatic rings. The number of nitrogen functional groups attached to an aromatic ring is 1. The fourth-order valence-electron chi connectivity index (χ4n) is 5.65. The van der Waals surface area contributed by atoms with E-state index in [-0.39, 0.29) is 12.8 Å². The first-order valence-electron chi connectivity index (χ1n) is 12.8. The lowest BCUT2D eigenvalue weighted by molar-refractivity contribution is -0.0566. The zero-order valence-electron chi connectivity index (χ0n) is 21.0. The Morgan fingerprint density at radius 2 is 1.64 bits per heavy atom. The number of alkyl halides is 2. The van der Waals surface area contributed by atoms with Crippen LogP contribution in [0.25, 0.3) is 21.8 Å². The van der Waals surface area contributed by atoms with Crippen LogP contribution in [0.2, 0.25) is 0 Å². The number of rotatable bonds is 3. The molecule has 0 unspecified atom stereocenters. The molecule has 0 atom stereocenters. The van der Waals surface area contributed by atoms with Gasteiger partial charge in [-0.1, -0.05) is 18.2 Å². The highest BCUT2D eigenvalue weighted by Gasteiger charge is 2.37. The molecule has 2 aromatic heterocycles. The zero-order valence-corrected chi connectivity index (χ0v) is 21.0. The lowest BCUT2D eigenvalue weighted by Gasteiger charge is -2.40. The van der Waals surface area contributed by atoms with Crippen molar-refractivity contribution >= 4 is 27.6 Å². The number of nitrogens with zero attached hydrogens (tertiary/aromatic N) is 4. The molecule has 2 fully saturated rings. The van der Waals surface area contributed by atoms with Gasteiger partial charge in [-0.15, -0.1) is 0 Å². The normalized spacial score (nSPS) is 19.3. The van der Waals surface area contributed by atoms with Crippen LogP contribution in [-0.4, -0.2) is 51.4 Å². The van der Waals surface area contributed by atoms with E-state index in [0.29, 0.717) is 24.9 Å². The molecule has 8 heteroatoms. The monoisotopic (exact) mass is 495 g/mol. The molecule has 1 aliphatic carbocycles. The predicted molar refractivity (Wildman–Crippen MR) is 141 cm³/mol. The molecule has 6 rings (SSSR count). The summed E-state index contributed by atoms with van der Waals surface area (Å²) in [6, 6.07) is 16.9. The van der Waals surface area contributed by atoms with Gasteiger partial charge in [0.05, 0.1) is 24.9 Å². The Hall–Kier alpha value is -3.13. The highest BCUT2D eigenvalue weighted by Crippen LogP contribution is 2.37. The largest absolute Gasteiger partial charge is 0.497 e.